The van der Waals surface area contributed by atoms with Gasteiger partial charge in [-0.05, 0) is 63.0 Å². The highest BCUT2D eigenvalue weighted by atomic mass is 16.7. The molecule has 3 saturated heterocycles. The fraction of sp³-hybridized carbons (Fsp3) is 0.719. The molecule has 5 aliphatic rings. The zero-order valence-electron chi connectivity index (χ0n) is 24.1. The van der Waals surface area contributed by atoms with Crippen molar-refractivity contribution < 1.29 is 34.0 Å². The van der Waals surface area contributed by atoms with Crippen LogP contribution in [0.4, 0.5) is 0 Å². The molecule has 10 atom stereocenters. The van der Waals surface area contributed by atoms with Crippen molar-refractivity contribution in [3.63, 3.8) is 0 Å². The molecule has 2 N–H and O–H groups in total. The summed E-state index contributed by atoms with van der Waals surface area (Å²) in [6, 6.07) is 0. The summed E-state index contributed by atoms with van der Waals surface area (Å²) in [5, 5.41) is 21.9. The first-order valence-electron chi connectivity index (χ1n) is 14.8. The minimum absolute atomic E-state index is 0.110. The highest BCUT2D eigenvalue weighted by molar-refractivity contribution is 5.91. The molecule has 10 unspecified atom stereocenters. The zero-order valence-corrected chi connectivity index (χ0v) is 24.1. The molecule has 1 aliphatic carbocycles. The maximum absolute atomic E-state index is 13.8. The highest BCUT2D eigenvalue weighted by Gasteiger charge is 2.53. The molecule has 4 heterocycles. The quantitative estimate of drug-likeness (QED) is 0.359. The number of aliphatic hydroxyl groups is 2. The summed E-state index contributed by atoms with van der Waals surface area (Å²) in [5.74, 6) is -0.915. The lowest BCUT2D eigenvalue weighted by Crippen LogP contribution is -2.55. The molecule has 0 aromatic heterocycles. The number of ether oxygens (including phenoxy) is 4. The summed E-state index contributed by atoms with van der Waals surface area (Å²) in [7, 11) is 0. The van der Waals surface area contributed by atoms with Crippen molar-refractivity contribution in [1.82, 2.24) is 0 Å². The van der Waals surface area contributed by atoms with E-state index in [1.165, 1.54) is 18.6 Å². The van der Waals surface area contributed by atoms with E-state index in [0.717, 1.165) is 37.7 Å². The first-order chi connectivity index (χ1) is 18.5. The second-order valence-electron chi connectivity index (χ2n) is 12.8. The minimum Gasteiger partial charge on any atom is -0.459 e. The Morgan fingerprint density at radius 1 is 1.18 bits per heavy atom. The van der Waals surface area contributed by atoms with Crippen LogP contribution in [0.1, 0.15) is 79.6 Å². The van der Waals surface area contributed by atoms with Gasteiger partial charge in [-0.2, -0.15) is 0 Å². The molecule has 7 nitrogen and oxygen atoms in total. The van der Waals surface area contributed by atoms with E-state index in [2.05, 4.69) is 39.8 Å². The Hall–Kier alpha value is -1.77. The van der Waals surface area contributed by atoms with E-state index in [9.17, 15) is 15.0 Å². The molecule has 0 aromatic rings. The lowest BCUT2D eigenvalue weighted by molar-refractivity contribution is -0.334. The summed E-state index contributed by atoms with van der Waals surface area (Å²) < 4.78 is 25.5. The van der Waals surface area contributed by atoms with Gasteiger partial charge in [0.1, 0.15) is 17.8 Å². The van der Waals surface area contributed by atoms with E-state index in [1.807, 2.05) is 12.2 Å². The second-order valence-corrected chi connectivity index (χ2v) is 12.8. The summed E-state index contributed by atoms with van der Waals surface area (Å²) in [5.41, 5.74) is 0.956. The van der Waals surface area contributed by atoms with Crippen LogP contribution in [0.5, 0.6) is 0 Å². The Morgan fingerprint density at radius 2 is 1.97 bits per heavy atom. The van der Waals surface area contributed by atoms with Crippen molar-refractivity contribution in [1.29, 1.82) is 0 Å². The highest BCUT2D eigenvalue weighted by Crippen LogP contribution is 2.46. The summed E-state index contributed by atoms with van der Waals surface area (Å²) >= 11 is 0. The average molecular weight is 543 g/mol. The predicted octanol–water partition coefficient (Wildman–Crippen LogP) is 4.92. The van der Waals surface area contributed by atoms with Crippen molar-refractivity contribution in [3.8, 4) is 0 Å². The number of rotatable bonds is 1. The molecule has 216 valence electrons. The standard InChI is InChI=1S/C32H46O7/c1-6-26-21(4)12-13-32(39-26)16-24-15-23(38-32)11-10-20(3)14-19(2)8-7-9-22-18-36-28-27(22)25(30(34)37-24)17-31(5,35)29(28)33/h7-10,17,19,21,23-24,26-29,33,35H,6,11-16,18H2,1-5H3. The molecule has 4 aliphatic heterocycles. The molecule has 3 fully saturated rings. The number of hydrogen-bond donors (Lipinski definition) is 2. The Balaban J connectivity index is 1.50. The Labute approximate surface area is 232 Å². The van der Waals surface area contributed by atoms with Gasteiger partial charge in [0.2, 0.25) is 0 Å². The first-order valence-corrected chi connectivity index (χ1v) is 14.8. The maximum atomic E-state index is 13.8. The third kappa shape index (κ3) is 5.98. The lowest BCUT2D eigenvalue weighted by atomic mass is 9.74. The number of esters is 1. The van der Waals surface area contributed by atoms with Gasteiger partial charge in [0, 0.05) is 30.8 Å². The van der Waals surface area contributed by atoms with Gasteiger partial charge < -0.3 is 29.2 Å². The first kappa shape index (κ1) is 28.7. The van der Waals surface area contributed by atoms with Crippen LogP contribution in [0, 0.1) is 17.8 Å². The van der Waals surface area contributed by atoms with Crippen molar-refractivity contribution in [3.05, 3.63) is 47.1 Å². The van der Waals surface area contributed by atoms with Gasteiger partial charge in [-0.1, -0.05) is 50.6 Å². The molecule has 7 heteroatoms. The molecule has 0 radical (unpaired) electrons. The van der Waals surface area contributed by atoms with Gasteiger partial charge in [-0.15, -0.1) is 0 Å². The van der Waals surface area contributed by atoms with Crippen LogP contribution in [-0.4, -0.2) is 64.7 Å². The molecule has 1 spiro atoms. The molecular formula is C32H46O7. The maximum Gasteiger partial charge on any atom is 0.334 e. The number of hydrogen-bond acceptors (Lipinski definition) is 7. The summed E-state index contributed by atoms with van der Waals surface area (Å²) in [4.78, 5) is 13.8. The number of allylic oxidation sites excluding steroid dienone is 4. The average Bonchev–Trinajstić information content (AvgIpc) is 3.30. The molecule has 0 aromatic carbocycles. The van der Waals surface area contributed by atoms with Crippen LogP contribution in [0.15, 0.2) is 47.1 Å². The van der Waals surface area contributed by atoms with Gasteiger partial charge in [0.05, 0.1) is 24.9 Å². The van der Waals surface area contributed by atoms with Gasteiger partial charge in [0.15, 0.2) is 5.79 Å². The lowest BCUT2D eigenvalue weighted by Gasteiger charge is -2.49. The topological polar surface area (TPSA) is 94.5 Å². The second kappa shape index (κ2) is 11.2. The van der Waals surface area contributed by atoms with Crippen LogP contribution < -0.4 is 0 Å². The van der Waals surface area contributed by atoms with E-state index < -0.39 is 35.5 Å². The number of fused-ring (bicyclic) bond motifs is 2. The molecular weight excluding hydrogens is 496 g/mol. The fourth-order valence-corrected chi connectivity index (χ4v) is 7.14. The Morgan fingerprint density at radius 3 is 2.74 bits per heavy atom. The molecule has 5 rings (SSSR count). The van der Waals surface area contributed by atoms with Gasteiger partial charge in [-0.3, -0.25) is 0 Å². The van der Waals surface area contributed by atoms with E-state index in [1.54, 1.807) is 0 Å². The molecule has 2 bridgehead atoms. The third-order valence-electron chi connectivity index (χ3n) is 9.33. The fourth-order valence-electron chi connectivity index (χ4n) is 7.14. The minimum atomic E-state index is -1.60. The van der Waals surface area contributed by atoms with E-state index in [4.69, 9.17) is 18.9 Å². The largest absolute Gasteiger partial charge is 0.459 e. The third-order valence-corrected chi connectivity index (χ3v) is 9.33. The van der Waals surface area contributed by atoms with Gasteiger partial charge in [-0.25, -0.2) is 4.79 Å². The van der Waals surface area contributed by atoms with Crippen LogP contribution in [0.25, 0.3) is 0 Å². The predicted molar refractivity (Wildman–Crippen MR) is 148 cm³/mol. The number of aliphatic hydroxyl groups excluding tert-OH is 1. The van der Waals surface area contributed by atoms with Crippen molar-refractivity contribution in [2.24, 2.45) is 17.8 Å². The van der Waals surface area contributed by atoms with Crippen LogP contribution in [0.3, 0.4) is 0 Å². The van der Waals surface area contributed by atoms with Gasteiger partial charge >= 0.3 is 5.97 Å². The molecule has 39 heavy (non-hydrogen) atoms. The monoisotopic (exact) mass is 542 g/mol. The number of carbonyl (C=O) groups is 1. The van der Waals surface area contributed by atoms with Crippen molar-refractivity contribution in [2.45, 2.75) is 121 Å². The normalized spacial score (nSPS) is 45.2. The Bertz CT molecular complexity index is 1050. The smallest absolute Gasteiger partial charge is 0.334 e. The van der Waals surface area contributed by atoms with Crippen molar-refractivity contribution >= 4 is 5.97 Å². The van der Waals surface area contributed by atoms with Crippen LogP contribution in [-0.2, 0) is 23.7 Å². The number of carbonyl (C=O) groups excluding carboxylic acids is 1. The van der Waals surface area contributed by atoms with Crippen LogP contribution >= 0.6 is 0 Å². The van der Waals surface area contributed by atoms with E-state index >= 15 is 0 Å². The molecule has 0 amide bonds. The summed E-state index contributed by atoms with van der Waals surface area (Å²) in [6.45, 7) is 10.5. The van der Waals surface area contributed by atoms with Crippen molar-refractivity contribution in [2.75, 3.05) is 6.61 Å². The molecule has 0 saturated carbocycles. The van der Waals surface area contributed by atoms with E-state index in [-0.39, 0.29) is 24.9 Å². The summed E-state index contributed by atoms with van der Waals surface area (Å²) in [6.07, 6.45) is 13.1. The van der Waals surface area contributed by atoms with Crippen LogP contribution in [0.2, 0.25) is 0 Å². The SMILES string of the molecule is CCC1OC2(CCC1C)CC1CC(CC=C(C)CC(C)C=CC=C3COC4C3C(=CC(C)(O)C4O)C(=O)O1)O2. The zero-order chi connectivity index (χ0) is 27.9. The Kier molecular flexibility index (Phi) is 8.29. The van der Waals surface area contributed by atoms with Gasteiger partial charge in [0.25, 0.3) is 0 Å². The van der Waals surface area contributed by atoms with E-state index in [0.29, 0.717) is 30.3 Å².